The largest absolute Gasteiger partial charge is 0.357 e. The number of hydrogen-bond donors (Lipinski definition) is 0. The summed E-state index contributed by atoms with van der Waals surface area (Å²) in [6.07, 6.45) is 4.19. The summed E-state index contributed by atoms with van der Waals surface area (Å²) < 4.78 is 0. The highest BCUT2D eigenvalue weighted by molar-refractivity contribution is 5.76. The summed E-state index contributed by atoms with van der Waals surface area (Å²) in [5, 5.41) is 0. The second kappa shape index (κ2) is 8.56. The van der Waals surface area contributed by atoms with Crippen molar-refractivity contribution in [2.45, 2.75) is 40.0 Å². The van der Waals surface area contributed by atoms with Gasteiger partial charge in [0.05, 0.1) is 0 Å². The third-order valence-electron chi connectivity index (χ3n) is 3.51. The molecule has 112 valence electrons. The van der Waals surface area contributed by atoms with Crippen LogP contribution in [0.2, 0.25) is 0 Å². The molecule has 4 nitrogen and oxygen atoms in total. The standard InChI is InChI=1S/C16H27N3O/c1-5-12-18(4)16(20)9-8-14-10-11-17-15(13-14)19(6-2)7-3/h10-11,13H,5-9,12H2,1-4H3. The predicted molar refractivity (Wildman–Crippen MR) is 84.0 cm³/mol. The monoisotopic (exact) mass is 277 g/mol. The molecule has 0 bridgehead atoms. The summed E-state index contributed by atoms with van der Waals surface area (Å²) in [5.74, 6) is 1.22. The Hall–Kier alpha value is -1.58. The summed E-state index contributed by atoms with van der Waals surface area (Å²) in [7, 11) is 1.87. The molecule has 0 saturated carbocycles. The van der Waals surface area contributed by atoms with Crippen molar-refractivity contribution in [3.63, 3.8) is 0 Å². The van der Waals surface area contributed by atoms with Crippen LogP contribution in [0, 0.1) is 0 Å². The van der Waals surface area contributed by atoms with Crippen molar-refractivity contribution in [2.24, 2.45) is 0 Å². The topological polar surface area (TPSA) is 36.4 Å². The van der Waals surface area contributed by atoms with E-state index in [1.165, 1.54) is 5.56 Å². The smallest absolute Gasteiger partial charge is 0.222 e. The summed E-state index contributed by atoms with van der Waals surface area (Å²) in [5.41, 5.74) is 1.18. The normalized spacial score (nSPS) is 10.4. The number of nitrogens with zero attached hydrogens (tertiary/aromatic N) is 3. The number of anilines is 1. The van der Waals surface area contributed by atoms with Crippen LogP contribution in [0.3, 0.4) is 0 Å². The summed E-state index contributed by atoms with van der Waals surface area (Å²) >= 11 is 0. The van der Waals surface area contributed by atoms with Gasteiger partial charge in [0.15, 0.2) is 0 Å². The summed E-state index contributed by atoms with van der Waals surface area (Å²) in [4.78, 5) is 20.4. The second-order valence-electron chi connectivity index (χ2n) is 5.01. The SMILES string of the molecule is CCCN(C)C(=O)CCc1ccnc(N(CC)CC)c1. The second-order valence-corrected chi connectivity index (χ2v) is 5.01. The van der Waals surface area contributed by atoms with Crippen LogP contribution in [0.25, 0.3) is 0 Å². The van der Waals surface area contributed by atoms with Crippen LogP contribution >= 0.6 is 0 Å². The summed E-state index contributed by atoms with van der Waals surface area (Å²) in [6, 6.07) is 4.10. The van der Waals surface area contributed by atoms with Crippen LogP contribution in [-0.2, 0) is 11.2 Å². The van der Waals surface area contributed by atoms with Crippen molar-refractivity contribution in [3.05, 3.63) is 23.9 Å². The quantitative estimate of drug-likeness (QED) is 0.733. The number of carbonyl (C=O) groups is 1. The maximum absolute atomic E-state index is 11.9. The van der Waals surface area contributed by atoms with Gasteiger partial charge in [-0.25, -0.2) is 4.98 Å². The third-order valence-corrected chi connectivity index (χ3v) is 3.51. The minimum absolute atomic E-state index is 0.216. The molecule has 1 amide bonds. The molecule has 0 fully saturated rings. The van der Waals surface area contributed by atoms with E-state index < -0.39 is 0 Å². The third kappa shape index (κ3) is 4.83. The average molecular weight is 277 g/mol. The number of hydrogen-bond acceptors (Lipinski definition) is 3. The van der Waals surface area contributed by atoms with Gasteiger partial charge in [0.25, 0.3) is 0 Å². The van der Waals surface area contributed by atoms with Crippen molar-refractivity contribution in [1.82, 2.24) is 9.88 Å². The Balaban J connectivity index is 2.60. The zero-order chi connectivity index (χ0) is 15.0. The van der Waals surface area contributed by atoms with Gasteiger partial charge in [-0.1, -0.05) is 6.92 Å². The lowest BCUT2D eigenvalue weighted by Gasteiger charge is -2.20. The van der Waals surface area contributed by atoms with Gasteiger partial charge in [-0.05, 0) is 44.4 Å². The van der Waals surface area contributed by atoms with Crippen LogP contribution in [0.1, 0.15) is 39.2 Å². The van der Waals surface area contributed by atoms with Gasteiger partial charge in [0, 0.05) is 39.3 Å². The Morgan fingerprint density at radius 2 is 1.95 bits per heavy atom. The molecule has 0 spiro atoms. The van der Waals surface area contributed by atoms with E-state index in [4.69, 9.17) is 0 Å². The van der Waals surface area contributed by atoms with E-state index in [9.17, 15) is 4.79 Å². The average Bonchev–Trinajstić information content (AvgIpc) is 2.47. The Kier molecular flexibility index (Phi) is 7.05. The van der Waals surface area contributed by atoms with Crippen LogP contribution in [0.15, 0.2) is 18.3 Å². The predicted octanol–water partition coefficient (Wildman–Crippen LogP) is 2.73. The van der Waals surface area contributed by atoms with Crippen molar-refractivity contribution in [2.75, 3.05) is 31.6 Å². The lowest BCUT2D eigenvalue weighted by atomic mass is 10.1. The molecule has 1 aromatic heterocycles. The summed E-state index contributed by atoms with van der Waals surface area (Å²) in [6.45, 7) is 9.07. The highest BCUT2D eigenvalue weighted by Gasteiger charge is 2.09. The van der Waals surface area contributed by atoms with Crippen LogP contribution < -0.4 is 4.90 Å². The van der Waals surface area contributed by atoms with Crippen molar-refractivity contribution >= 4 is 11.7 Å². The van der Waals surface area contributed by atoms with Gasteiger partial charge >= 0.3 is 0 Å². The van der Waals surface area contributed by atoms with Gasteiger partial charge in [-0.3, -0.25) is 4.79 Å². The lowest BCUT2D eigenvalue weighted by Crippen LogP contribution is -2.27. The minimum Gasteiger partial charge on any atom is -0.357 e. The molecule has 0 unspecified atom stereocenters. The number of aromatic nitrogens is 1. The Morgan fingerprint density at radius 3 is 2.55 bits per heavy atom. The number of amides is 1. The lowest BCUT2D eigenvalue weighted by molar-refractivity contribution is -0.129. The Labute approximate surface area is 122 Å². The molecule has 1 heterocycles. The van der Waals surface area contributed by atoms with Crippen molar-refractivity contribution < 1.29 is 4.79 Å². The molecule has 1 aromatic rings. The first-order valence-corrected chi connectivity index (χ1v) is 7.56. The van der Waals surface area contributed by atoms with Gasteiger partial charge in [0.2, 0.25) is 5.91 Å². The molecule has 0 aliphatic carbocycles. The van der Waals surface area contributed by atoms with E-state index in [-0.39, 0.29) is 5.91 Å². The minimum atomic E-state index is 0.216. The maximum Gasteiger partial charge on any atom is 0.222 e. The van der Waals surface area contributed by atoms with Gasteiger partial charge in [0.1, 0.15) is 5.82 Å². The van der Waals surface area contributed by atoms with Crippen molar-refractivity contribution in [1.29, 1.82) is 0 Å². The molecule has 0 aromatic carbocycles. The number of carbonyl (C=O) groups excluding carboxylic acids is 1. The maximum atomic E-state index is 11.9. The first-order valence-electron chi connectivity index (χ1n) is 7.56. The molecule has 20 heavy (non-hydrogen) atoms. The first kappa shape index (κ1) is 16.5. The van der Waals surface area contributed by atoms with E-state index >= 15 is 0 Å². The van der Waals surface area contributed by atoms with Crippen molar-refractivity contribution in [3.8, 4) is 0 Å². The molecule has 0 aliphatic rings. The molecule has 1 rings (SSSR count). The molecule has 0 saturated heterocycles. The van der Waals surface area contributed by atoms with E-state index in [1.807, 2.05) is 24.2 Å². The first-order chi connectivity index (χ1) is 9.62. The zero-order valence-electron chi connectivity index (χ0n) is 13.2. The zero-order valence-corrected chi connectivity index (χ0v) is 13.2. The fourth-order valence-corrected chi connectivity index (χ4v) is 2.24. The fraction of sp³-hybridized carbons (Fsp3) is 0.625. The highest BCUT2D eigenvalue weighted by atomic mass is 16.2. The highest BCUT2D eigenvalue weighted by Crippen LogP contribution is 2.14. The molecule has 0 radical (unpaired) electrons. The van der Waals surface area contributed by atoms with Gasteiger partial charge < -0.3 is 9.80 Å². The van der Waals surface area contributed by atoms with Crippen LogP contribution in [0.5, 0.6) is 0 Å². The molecular weight excluding hydrogens is 250 g/mol. The van der Waals surface area contributed by atoms with Gasteiger partial charge in [-0.2, -0.15) is 0 Å². The molecule has 0 N–H and O–H groups in total. The van der Waals surface area contributed by atoms with E-state index in [0.29, 0.717) is 6.42 Å². The molecular formula is C16H27N3O. The number of aryl methyl sites for hydroxylation is 1. The molecule has 0 aliphatic heterocycles. The molecule has 0 atom stereocenters. The fourth-order valence-electron chi connectivity index (χ4n) is 2.24. The number of rotatable bonds is 8. The van der Waals surface area contributed by atoms with Crippen LogP contribution in [-0.4, -0.2) is 42.5 Å². The van der Waals surface area contributed by atoms with Gasteiger partial charge in [-0.15, -0.1) is 0 Å². The number of pyridine rings is 1. The van der Waals surface area contributed by atoms with Crippen LogP contribution in [0.4, 0.5) is 5.82 Å². The Morgan fingerprint density at radius 1 is 1.25 bits per heavy atom. The van der Waals surface area contributed by atoms with E-state index in [1.54, 1.807) is 0 Å². The van der Waals surface area contributed by atoms with E-state index in [2.05, 4.69) is 36.7 Å². The molecule has 4 heteroatoms. The Bertz CT molecular complexity index is 416. The van der Waals surface area contributed by atoms with E-state index in [0.717, 1.165) is 38.3 Å².